The average Bonchev–Trinajstić information content (AvgIpc) is 2.97. The first kappa shape index (κ1) is 13.6. The number of nitrogens with zero attached hydrogens (tertiary/aromatic N) is 5. The van der Waals surface area contributed by atoms with E-state index in [-0.39, 0.29) is 11.9 Å². The maximum absolute atomic E-state index is 6.11. The summed E-state index contributed by atoms with van der Waals surface area (Å²) < 4.78 is 1.47. The molecule has 0 fully saturated rings. The van der Waals surface area contributed by atoms with Crippen molar-refractivity contribution in [3.63, 3.8) is 0 Å². The van der Waals surface area contributed by atoms with Gasteiger partial charge in [0.1, 0.15) is 0 Å². The van der Waals surface area contributed by atoms with Crippen LogP contribution in [0.4, 0.5) is 17.6 Å². The van der Waals surface area contributed by atoms with Crippen LogP contribution in [-0.4, -0.2) is 24.7 Å². The molecule has 1 aromatic carbocycles. The molecule has 0 aliphatic carbocycles. The van der Waals surface area contributed by atoms with E-state index in [2.05, 4.69) is 25.4 Å². The summed E-state index contributed by atoms with van der Waals surface area (Å²) in [5, 5.41) is 7.80. The molecule has 7 nitrogen and oxygen atoms in total. The highest BCUT2D eigenvalue weighted by Crippen LogP contribution is 2.31. The minimum atomic E-state index is 0.0659. The van der Waals surface area contributed by atoms with Gasteiger partial charge in [-0.1, -0.05) is 29.3 Å². The first-order chi connectivity index (χ1) is 10.1. The van der Waals surface area contributed by atoms with Gasteiger partial charge in [-0.2, -0.15) is 20.1 Å². The highest BCUT2D eigenvalue weighted by atomic mass is 35.5. The van der Waals surface area contributed by atoms with E-state index in [4.69, 9.17) is 28.9 Å². The van der Waals surface area contributed by atoms with Gasteiger partial charge in [-0.25, -0.2) is 4.68 Å². The van der Waals surface area contributed by atoms with Crippen LogP contribution < -0.4 is 11.1 Å². The van der Waals surface area contributed by atoms with Crippen molar-refractivity contribution in [3.8, 4) is 5.95 Å². The Balaban J connectivity index is 1.98. The number of rotatable bonds is 3. The van der Waals surface area contributed by atoms with E-state index >= 15 is 0 Å². The van der Waals surface area contributed by atoms with E-state index in [1.807, 2.05) is 0 Å². The molecule has 0 bridgehead atoms. The smallest absolute Gasteiger partial charge is 0.257 e. The van der Waals surface area contributed by atoms with Crippen molar-refractivity contribution >= 4 is 40.8 Å². The molecule has 106 valence electrons. The van der Waals surface area contributed by atoms with Crippen molar-refractivity contribution in [2.75, 3.05) is 11.1 Å². The van der Waals surface area contributed by atoms with Gasteiger partial charge in [0.15, 0.2) is 0 Å². The van der Waals surface area contributed by atoms with Crippen LogP contribution >= 0.6 is 23.2 Å². The molecule has 0 atom stereocenters. The van der Waals surface area contributed by atoms with E-state index in [1.165, 1.54) is 4.68 Å². The highest BCUT2D eigenvalue weighted by Gasteiger charge is 2.09. The fourth-order valence-electron chi connectivity index (χ4n) is 1.65. The molecular weight excluding hydrogens is 313 g/mol. The molecule has 3 aromatic rings. The number of aromatic nitrogens is 5. The lowest BCUT2D eigenvalue weighted by molar-refractivity contribution is 0.801. The molecule has 0 aliphatic heterocycles. The normalized spacial score (nSPS) is 10.6. The summed E-state index contributed by atoms with van der Waals surface area (Å²) in [4.78, 5) is 12.3. The van der Waals surface area contributed by atoms with Gasteiger partial charge >= 0.3 is 0 Å². The highest BCUT2D eigenvalue weighted by molar-refractivity contribution is 6.43. The number of hydrogen-bond donors (Lipinski definition) is 2. The fourth-order valence-corrected chi connectivity index (χ4v) is 1.99. The van der Waals surface area contributed by atoms with Crippen LogP contribution in [0.1, 0.15) is 0 Å². The SMILES string of the molecule is Nc1nc(Nc2cccc(Cl)c2Cl)nc(-n2cccn2)n1. The van der Waals surface area contributed by atoms with E-state index in [9.17, 15) is 0 Å². The number of nitrogens with one attached hydrogen (secondary N) is 1. The number of benzene rings is 1. The van der Waals surface area contributed by atoms with Crippen LogP contribution in [0.15, 0.2) is 36.7 Å². The van der Waals surface area contributed by atoms with Gasteiger partial charge in [-0.15, -0.1) is 0 Å². The standard InChI is InChI=1S/C12H9Cl2N7/c13-7-3-1-4-8(9(7)14)17-11-18-10(15)19-12(20-11)21-6-2-5-16-21/h1-6H,(H3,15,17,18,19,20). The summed E-state index contributed by atoms with van der Waals surface area (Å²) in [6, 6.07) is 6.95. The Morgan fingerprint density at radius 3 is 2.71 bits per heavy atom. The molecule has 0 spiro atoms. The van der Waals surface area contributed by atoms with Gasteiger partial charge in [-0.05, 0) is 18.2 Å². The molecule has 0 unspecified atom stereocenters. The number of halogens is 2. The van der Waals surface area contributed by atoms with Crippen LogP contribution in [0.25, 0.3) is 5.95 Å². The van der Waals surface area contributed by atoms with Crippen molar-refractivity contribution in [1.29, 1.82) is 0 Å². The Kier molecular flexibility index (Phi) is 3.59. The van der Waals surface area contributed by atoms with Crippen molar-refractivity contribution in [3.05, 3.63) is 46.7 Å². The lowest BCUT2D eigenvalue weighted by Crippen LogP contribution is -2.09. The van der Waals surface area contributed by atoms with Gasteiger partial charge in [0.2, 0.25) is 11.9 Å². The summed E-state index contributed by atoms with van der Waals surface area (Å²) in [6.45, 7) is 0. The Morgan fingerprint density at radius 1 is 1.10 bits per heavy atom. The fraction of sp³-hybridized carbons (Fsp3) is 0. The molecule has 0 saturated heterocycles. The molecule has 0 amide bonds. The maximum atomic E-state index is 6.11. The maximum Gasteiger partial charge on any atom is 0.257 e. The molecule has 0 saturated carbocycles. The van der Waals surface area contributed by atoms with E-state index in [0.29, 0.717) is 21.7 Å². The molecule has 2 aromatic heterocycles. The summed E-state index contributed by atoms with van der Waals surface area (Å²) in [7, 11) is 0. The Morgan fingerprint density at radius 2 is 1.95 bits per heavy atom. The van der Waals surface area contributed by atoms with Crippen molar-refractivity contribution < 1.29 is 0 Å². The molecule has 3 rings (SSSR count). The zero-order chi connectivity index (χ0) is 14.8. The van der Waals surface area contributed by atoms with E-state index in [0.717, 1.165) is 0 Å². The monoisotopic (exact) mass is 321 g/mol. The molecule has 9 heteroatoms. The topological polar surface area (TPSA) is 94.5 Å². The van der Waals surface area contributed by atoms with Crippen molar-refractivity contribution in [2.24, 2.45) is 0 Å². The minimum absolute atomic E-state index is 0.0659. The van der Waals surface area contributed by atoms with Crippen molar-refractivity contribution in [1.82, 2.24) is 24.7 Å². The van der Waals surface area contributed by atoms with Crippen LogP contribution in [-0.2, 0) is 0 Å². The quantitative estimate of drug-likeness (QED) is 0.770. The first-order valence-corrected chi connectivity index (χ1v) is 6.61. The zero-order valence-corrected chi connectivity index (χ0v) is 12.0. The van der Waals surface area contributed by atoms with Gasteiger partial charge in [0.05, 0.1) is 15.7 Å². The largest absolute Gasteiger partial charge is 0.368 e. The first-order valence-electron chi connectivity index (χ1n) is 5.86. The lowest BCUT2D eigenvalue weighted by atomic mass is 10.3. The number of anilines is 3. The minimum Gasteiger partial charge on any atom is -0.368 e. The van der Waals surface area contributed by atoms with Gasteiger partial charge in [0.25, 0.3) is 5.95 Å². The predicted octanol–water partition coefficient (Wildman–Crippen LogP) is 2.69. The van der Waals surface area contributed by atoms with Gasteiger partial charge in [0, 0.05) is 12.4 Å². The Hall–Kier alpha value is -2.38. The molecule has 3 N–H and O–H groups in total. The Bertz CT molecular complexity index is 773. The van der Waals surface area contributed by atoms with Crippen molar-refractivity contribution in [2.45, 2.75) is 0 Å². The molecule has 2 heterocycles. The number of nitrogens with two attached hydrogens (primary N) is 1. The summed E-state index contributed by atoms with van der Waals surface area (Å²) in [5.41, 5.74) is 6.26. The molecule has 0 radical (unpaired) electrons. The predicted molar refractivity (Wildman–Crippen MR) is 81.1 cm³/mol. The van der Waals surface area contributed by atoms with E-state index < -0.39 is 0 Å². The van der Waals surface area contributed by atoms with E-state index in [1.54, 1.807) is 36.7 Å². The zero-order valence-electron chi connectivity index (χ0n) is 10.5. The van der Waals surface area contributed by atoms with Crippen LogP contribution in [0.5, 0.6) is 0 Å². The number of nitrogen functional groups attached to an aromatic ring is 1. The Labute approximate surface area is 129 Å². The molecular formula is C12H9Cl2N7. The third kappa shape index (κ3) is 2.88. The van der Waals surface area contributed by atoms with Crippen LogP contribution in [0, 0.1) is 0 Å². The molecule has 21 heavy (non-hydrogen) atoms. The summed E-state index contributed by atoms with van der Waals surface area (Å²) in [5.74, 6) is 0.612. The second-order valence-electron chi connectivity index (χ2n) is 3.99. The number of hydrogen-bond acceptors (Lipinski definition) is 6. The third-order valence-electron chi connectivity index (χ3n) is 2.55. The van der Waals surface area contributed by atoms with Gasteiger partial charge in [-0.3, -0.25) is 0 Å². The van der Waals surface area contributed by atoms with Gasteiger partial charge < -0.3 is 11.1 Å². The lowest BCUT2D eigenvalue weighted by Gasteiger charge is -2.09. The second kappa shape index (κ2) is 5.55. The van der Waals surface area contributed by atoms with Crippen LogP contribution in [0.3, 0.4) is 0 Å². The average molecular weight is 322 g/mol. The van der Waals surface area contributed by atoms with Crippen LogP contribution in [0.2, 0.25) is 10.0 Å². The summed E-state index contributed by atoms with van der Waals surface area (Å²) in [6.07, 6.45) is 3.31. The second-order valence-corrected chi connectivity index (χ2v) is 4.78. The third-order valence-corrected chi connectivity index (χ3v) is 3.37. The molecule has 0 aliphatic rings. The summed E-state index contributed by atoms with van der Waals surface area (Å²) >= 11 is 12.1.